The lowest BCUT2D eigenvalue weighted by Gasteiger charge is -2.06. The van der Waals surface area contributed by atoms with Crippen LogP contribution < -0.4 is 11.1 Å². The zero-order chi connectivity index (χ0) is 17.1. The number of benzene rings is 1. The van der Waals surface area contributed by atoms with Crippen molar-refractivity contribution in [3.8, 4) is 11.5 Å². The quantitative estimate of drug-likeness (QED) is 0.558. The molecule has 0 bridgehead atoms. The van der Waals surface area contributed by atoms with E-state index in [1.807, 2.05) is 0 Å². The molecule has 0 saturated heterocycles. The van der Waals surface area contributed by atoms with E-state index in [2.05, 4.69) is 26.5 Å². The van der Waals surface area contributed by atoms with E-state index in [9.17, 15) is 19.8 Å². The number of phenols is 1. The highest BCUT2D eigenvalue weighted by Gasteiger charge is 2.15. The van der Waals surface area contributed by atoms with Crippen molar-refractivity contribution < 1.29 is 19.4 Å². The van der Waals surface area contributed by atoms with E-state index in [0.717, 1.165) is 0 Å². The van der Waals surface area contributed by atoms with Crippen molar-refractivity contribution in [3.05, 3.63) is 56.0 Å². The molecule has 1 heterocycles. The van der Waals surface area contributed by atoms with E-state index in [4.69, 9.17) is 4.42 Å². The molecule has 0 aliphatic rings. The van der Waals surface area contributed by atoms with Gasteiger partial charge < -0.3 is 14.6 Å². The van der Waals surface area contributed by atoms with E-state index in [-0.39, 0.29) is 34.1 Å². The number of rotatable bonds is 3. The fourth-order valence-corrected chi connectivity index (χ4v) is 2.23. The summed E-state index contributed by atoms with van der Waals surface area (Å²) in [4.78, 5) is 23.8. The minimum absolute atomic E-state index is 0.0103. The molecule has 1 aromatic heterocycles. The standard InChI is InChI=1S/C15H13BrN2O5/c1-7-5-12(20)13(15(22)23-7)8(2)17-18-14(21)10-6-9(16)3-4-11(10)19/h3-6,19-20H,1-2H3,(H,18,21)/b17-8+. The van der Waals surface area contributed by atoms with Gasteiger partial charge in [0.15, 0.2) is 0 Å². The number of amides is 1. The van der Waals surface area contributed by atoms with Crippen molar-refractivity contribution in [2.75, 3.05) is 0 Å². The van der Waals surface area contributed by atoms with Crippen molar-refractivity contribution in [2.24, 2.45) is 5.10 Å². The fourth-order valence-electron chi connectivity index (χ4n) is 1.87. The normalized spacial score (nSPS) is 11.3. The largest absolute Gasteiger partial charge is 0.507 e. The smallest absolute Gasteiger partial charge is 0.348 e. The molecular formula is C15H13BrN2O5. The number of halogens is 1. The molecule has 0 atom stereocenters. The number of nitrogens with zero attached hydrogens (tertiary/aromatic N) is 1. The van der Waals surface area contributed by atoms with Crippen LogP contribution in [0.1, 0.15) is 28.6 Å². The second-order valence-corrected chi connectivity index (χ2v) is 5.62. The zero-order valence-electron chi connectivity index (χ0n) is 12.3. The van der Waals surface area contributed by atoms with Crippen LogP contribution in [-0.4, -0.2) is 21.8 Å². The molecule has 0 radical (unpaired) electrons. The molecule has 0 fully saturated rings. The van der Waals surface area contributed by atoms with Crippen molar-refractivity contribution in [1.29, 1.82) is 0 Å². The first-order valence-electron chi connectivity index (χ1n) is 6.47. The van der Waals surface area contributed by atoms with Gasteiger partial charge in [0.2, 0.25) is 0 Å². The minimum Gasteiger partial charge on any atom is -0.507 e. The van der Waals surface area contributed by atoms with E-state index in [1.165, 1.54) is 32.0 Å². The maximum Gasteiger partial charge on any atom is 0.348 e. The van der Waals surface area contributed by atoms with Gasteiger partial charge in [0.1, 0.15) is 22.8 Å². The number of carbonyl (C=O) groups excluding carboxylic acids is 1. The monoisotopic (exact) mass is 380 g/mol. The maximum absolute atomic E-state index is 12.0. The molecule has 2 aromatic rings. The number of aryl methyl sites for hydroxylation is 1. The average molecular weight is 381 g/mol. The lowest BCUT2D eigenvalue weighted by Crippen LogP contribution is -2.21. The Morgan fingerprint density at radius 3 is 2.61 bits per heavy atom. The number of hydrogen-bond acceptors (Lipinski definition) is 6. The van der Waals surface area contributed by atoms with Crippen LogP contribution in [0.4, 0.5) is 0 Å². The molecule has 0 unspecified atom stereocenters. The summed E-state index contributed by atoms with van der Waals surface area (Å²) in [5, 5.41) is 23.2. The van der Waals surface area contributed by atoms with Crippen molar-refractivity contribution >= 4 is 27.5 Å². The second-order valence-electron chi connectivity index (χ2n) is 4.70. The van der Waals surface area contributed by atoms with Gasteiger partial charge >= 0.3 is 5.63 Å². The van der Waals surface area contributed by atoms with Crippen LogP contribution in [0.3, 0.4) is 0 Å². The first kappa shape index (κ1) is 16.8. The summed E-state index contributed by atoms with van der Waals surface area (Å²) in [6.45, 7) is 2.96. The third-order valence-corrected chi connectivity index (χ3v) is 3.44. The summed E-state index contributed by atoms with van der Waals surface area (Å²) in [6.07, 6.45) is 0. The lowest BCUT2D eigenvalue weighted by atomic mass is 10.2. The van der Waals surface area contributed by atoms with Gasteiger partial charge in [-0.25, -0.2) is 10.2 Å². The van der Waals surface area contributed by atoms with Crippen LogP contribution in [0.2, 0.25) is 0 Å². The molecule has 1 amide bonds. The van der Waals surface area contributed by atoms with Crippen LogP contribution in [0.25, 0.3) is 0 Å². The topological polar surface area (TPSA) is 112 Å². The number of phenolic OH excluding ortho intramolecular Hbond substituents is 1. The number of aromatic hydroxyl groups is 2. The van der Waals surface area contributed by atoms with Crippen molar-refractivity contribution in [2.45, 2.75) is 13.8 Å². The van der Waals surface area contributed by atoms with Crippen LogP contribution in [0.15, 0.2) is 43.1 Å². The first-order chi connectivity index (χ1) is 10.8. The summed E-state index contributed by atoms with van der Waals surface area (Å²) in [6, 6.07) is 5.64. The molecule has 2 rings (SSSR count). The van der Waals surface area contributed by atoms with Gasteiger partial charge in [-0.2, -0.15) is 5.10 Å². The predicted octanol–water partition coefficient (Wildman–Crippen LogP) is 2.28. The average Bonchev–Trinajstić information content (AvgIpc) is 2.46. The first-order valence-corrected chi connectivity index (χ1v) is 7.26. The number of carbonyl (C=O) groups is 1. The van der Waals surface area contributed by atoms with Crippen LogP contribution >= 0.6 is 15.9 Å². The molecule has 0 spiro atoms. The Morgan fingerprint density at radius 2 is 1.96 bits per heavy atom. The summed E-state index contributed by atoms with van der Waals surface area (Å²) in [5.74, 6) is -0.915. The Bertz CT molecular complexity index is 857. The number of hydrogen-bond donors (Lipinski definition) is 3. The Labute approximate surface area is 139 Å². The lowest BCUT2D eigenvalue weighted by molar-refractivity contribution is 0.0952. The molecular weight excluding hydrogens is 368 g/mol. The molecule has 1 aromatic carbocycles. The van der Waals surface area contributed by atoms with Gasteiger partial charge in [-0.3, -0.25) is 4.79 Å². The molecule has 0 saturated carbocycles. The van der Waals surface area contributed by atoms with Gasteiger partial charge in [-0.05, 0) is 32.0 Å². The zero-order valence-corrected chi connectivity index (χ0v) is 13.8. The third kappa shape index (κ3) is 3.78. The summed E-state index contributed by atoms with van der Waals surface area (Å²) in [5.41, 5.74) is 1.38. The van der Waals surface area contributed by atoms with E-state index >= 15 is 0 Å². The van der Waals surface area contributed by atoms with Crippen LogP contribution in [-0.2, 0) is 0 Å². The highest BCUT2D eigenvalue weighted by molar-refractivity contribution is 9.10. The van der Waals surface area contributed by atoms with Crippen LogP contribution in [0, 0.1) is 6.92 Å². The molecule has 0 aliphatic carbocycles. The van der Waals surface area contributed by atoms with Gasteiger partial charge in [0, 0.05) is 10.5 Å². The predicted molar refractivity (Wildman–Crippen MR) is 86.9 cm³/mol. The Morgan fingerprint density at radius 1 is 1.26 bits per heavy atom. The van der Waals surface area contributed by atoms with E-state index in [0.29, 0.717) is 4.47 Å². The molecule has 8 heteroatoms. The molecule has 3 N–H and O–H groups in total. The Hall–Kier alpha value is -2.61. The molecule has 0 aliphatic heterocycles. The Kier molecular flexibility index (Phi) is 4.85. The summed E-state index contributed by atoms with van der Waals surface area (Å²) in [7, 11) is 0. The molecule has 120 valence electrons. The third-order valence-electron chi connectivity index (χ3n) is 2.94. The van der Waals surface area contributed by atoms with Crippen LogP contribution in [0.5, 0.6) is 11.5 Å². The van der Waals surface area contributed by atoms with Gasteiger partial charge in [0.25, 0.3) is 5.91 Å². The number of nitrogens with one attached hydrogen (secondary N) is 1. The van der Waals surface area contributed by atoms with Crippen molar-refractivity contribution in [3.63, 3.8) is 0 Å². The van der Waals surface area contributed by atoms with Gasteiger partial charge in [-0.1, -0.05) is 15.9 Å². The van der Waals surface area contributed by atoms with E-state index < -0.39 is 11.5 Å². The van der Waals surface area contributed by atoms with Gasteiger partial charge in [0.05, 0.1) is 11.3 Å². The summed E-state index contributed by atoms with van der Waals surface area (Å²) >= 11 is 3.19. The van der Waals surface area contributed by atoms with Crippen molar-refractivity contribution in [1.82, 2.24) is 5.43 Å². The minimum atomic E-state index is -0.761. The SMILES string of the molecule is C/C(=N\NC(=O)c1cc(Br)ccc1O)c1c(O)cc(C)oc1=O. The highest BCUT2D eigenvalue weighted by Crippen LogP contribution is 2.21. The summed E-state index contributed by atoms with van der Waals surface area (Å²) < 4.78 is 5.49. The molecule has 7 nitrogen and oxygen atoms in total. The Balaban J connectivity index is 2.28. The van der Waals surface area contributed by atoms with E-state index in [1.54, 1.807) is 6.07 Å². The van der Waals surface area contributed by atoms with Gasteiger partial charge in [-0.15, -0.1) is 0 Å². The fraction of sp³-hybridized carbons (Fsp3) is 0.133. The second kappa shape index (κ2) is 6.66. The highest BCUT2D eigenvalue weighted by atomic mass is 79.9. The number of hydrazone groups is 1. The molecule has 23 heavy (non-hydrogen) atoms. The maximum atomic E-state index is 12.0.